The van der Waals surface area contributed by atoms with E-state index in [2.05, 4.69) is 0 Å². The van der Waals surface area contributed by atoms with E-state index in [1.807, 2.05) is 0 Å². The van der Waals surface area contributed by atoms with Gasteiger partial charge in [-0.15, -0.1) is 0 Å². The predicted octanol–water partition coefficient (Wildman–Crippen LogP) is 2.19. The average Bonchev–Trinajstić information content (AvgIpc) is 2.08. The normalized spacial score (nSPS) is 14.8. The quantitative estimate of drug-likeness (QED) is 0.618. The van der Waals surface area contributed by atoms with Crippen molar-refractivity contribution in [2.45, 2.75) is 16.7 Å². The average molecular weight is 232 g/mol. The number of thioether (sulfide) groups is 1. The fourth-order valence-corrected chi connectivity index (χ4v) is 1.77. The molecule has 3 N–H and O–H groups in total. The Morgan fingerprint density at radius 1 is 1.50 bits per heavy atom. The molecule has 0 aliphatic carbocycles. The molecule has 0 saturated heterocycles. The van der Waals surface area contributed by atoms with E-state index < -0.39 is 10.8 Å². The van der Waals surface area contributed by atoms with Crippen LogP contribution in [0.2, 0.25) is 5.02 Å². The SMILES string of the molecule is CC(N)(Sc1ccc(Cl)cc1)C(=O)O. The van der Waals surface area contributed by atoms with Crippen LogP contribution in [0.25, 0.3) is 0 Å². The Morgan fingerprint density at radius 3 is 2.43 bits per heavy atom. The minimum absolute atomic E-state index is 0.614. The van der Waals surface area contributed by atoms with Crippen molar-refractivity contribution in [3.8, 4) is 0 Å². The Labute approximate surface area is 91.2 Å². The number of carboxylic acids is 1. The Bertz CT molecular complexity index is 337. The van der Waals surface area contributed by atoms with Gasteiger partial charge in [0.1, 0.15) is 0 Å². The van der Waals surface area contributed by atoms with Crippen molar-refractivity contribution in [2.24, 2.45) is 5.73 Å². The van der Waals surface area contributed by atoms with Crippen LogP contribution in [0, 0.1) is 0 Å². The molecule has 0 fully saturated rings. The summed E-state index contributed by atoms with van der Waals surface area (Å²) in [6, 6.07) is 6.87. The maximum absolute atomic E-state index is 10.7. The Hall–Kier alpha value is -0.710. The van der Waals surface area contributed by atoms with Gasteiger partial charge in [0, 0.05) is 9.92 Å². The predicted molar refractivity (Wildman–Crippen MR) is 57.5 cm³/mol. The molecule has 3 nitrogen and oxygen atoms in total. The lowest BCUT2D eigenvalue weighted by atomic mass is 10.3. The molecule has 0 amide bonds. The fourth-order valence-electron chi connectivity index (χ4n) is 0.791. The second kappa shape index (κ2) is 4.21. The van der Waals surface area contributed by atoms with Crippen LogP contribution in [-0.4, -0.2) is 15.9 Å². The highest BCUT2D eigenvalue weighted by atomic mass is 35.5. The first kappa shape index (κ1) is 11.4. The van der Waals surface area contributed by atoms with Crippen LogP contribution in [-0.2, 0) is 4.79 Å². The molecule has 0 aliphatic rings. The molecular formula is C9H10ClNO2S. The minimum Gasteiger partial charge on any atom is -0.479 e. The molecule has 1 unspecified atom stereocenters. The number of benzene rings is 1. The largest absolute Gasteiger partial charge is 0.479 e. The van der Waals surface area contributed by atoms with Gasteiger partial charge in [-0.25, -0.2) is 4.79 Å². The summed E-state index contributed by atoms with van der Waals surface area (Å²) in [6.07, 6.45) is 0. The van der Waals surface area contributed by atoms with E-state index in [0.717, 1.165) is 16.7 Å². The highest BCUT2D eigenvalue weighted by Crippen LogP contribution is 2.29. The van der Waals surface area contributed by atoms with Gasteiger partial charge < -0.3 is 10.8 Å². The number of carboxylic acid groups (broad SMARTS) is 1. The van der Waals surface area contributed by atoms with Crippen molar-refractivity contribution in [2.75, 3.05) is 0 Å². The van der Waals surface area contributed by atoms with E-state index in [0.29, 0.717) is 5.02 Å². The summed E-state index contributed by atoms with van der Waals surface area (Å²) < 4.78 is 0. The van der Waals surface area contributed by atoms with Gasteiger partial charge in [0.25, 0.3) is 0 Å². The summed E-state index contributed by atoms with van der Waals surface area (Å²) >= 11 is 6.77. The fraction of sp³-hybridized carbons (Fsp3) is 0.222. The van der Waals surface area contributed by atoms with Gasteiger partial charge in [-0.05, 0) is 31.2 Å². The lowest BCUT2D eigenvalue weighted by molar-refractivity contribution is -0.139. The molecule has 5 heteroatoms. The molecule has 0 bridgehead atoms. The van der Waals surface area contributed by atoms with Crippen LogP contribution in [0.3, 0.4) is 0 Å². The zero-order valence-corrected chi connectivity index (χ0v) is 9.10. The van der Waals surface area contributed by atoms with E-state index in [1.165, 1.54) is 6.92 Å². The van der Waals surface area contributed by atoms with Crippen molar-refractivity contribution in [3.05, 3.63) is 29.3 Å². The van der Waals surface area contributed by atoms with Crippen molar-refractivity contribution in [1.29, 1.82) is 0 Å². The first-order valence-electron chi connectivity index (χ1n) is 3.89. The first-order valence-corrected chi connectivity index (χ1v) is 5.08. The maximum atomic E-state index is 10.7. The molecule has 1 rings (SSSR count). The van der Waals surface area contributed by atoms with Gasteiger partial charge in [0.15, 0.2) is 4.87 Å². The van der Waals surface area contributed by atoms with Gasteiger partial charge in [0.05, 0.1) is 0 Å². The molecule has 1 aromatic carbocycles. The maximum Gasteiger partial charge on any atom is 0.334 e. The topological polar surface area (TPSA) is 63.3 Å². The number of rotatable bonds is 3. The summed E-state index contributed by atoms with van der Waals surface area (Å²) in [4.78, 5) is 10.2. The van der Waals surface area contributed by atoms with E-state index in [4.69, 9.17) is 22.4 Å². The molecule has 0 aliphatic heterocycles. The molecule has 1 aromatic rings. The number of hydrogen-bond donors (Lipinski definition) is 2. The highest BCUT2D eigenvalue weighted by molar-refractivity contribution is 8.01. The second-order valence-electron chi connectivity index (χ2n) is 2.97. The van der Waals surface area contributed by atoms with E-state index in [9.17, 15) is 4.79 Å². The smallest absolute Gasteiger partial charge is 0.334 e. The molecule has 0 radical (unpaired) electrons. The number of carbonyl (C=O) groups is 1. The summed E-state index contributed by atoms with van der Waals surface area (Å²) in [5.41, 5.74) is 5.56. The summed E-state index contributed by atoms with van der Waals surface area (Å²) in [6.45, 7) is 1.45. The third-order valence-corrected chi connectivity index (χ3v) is 2.93. The van der Waals surface area contributed by atoms with Crippen molar-refractivity contribution < 1.29 is 9.90 Å². The molecule has 0 spiro atoms. The zero-order valence-electron chi connectivity index (χ0n) is 7.53. The van der Waals surface area contributed by atoms with Crippen molar-refractivity contribution >= 4 is 29.3 Å². The summed E-state index contributed by atoms with van der Waals surface area (Å²) in [5.74, 6) is -1.04. The molecule has 14 heavy (non-hydrogen) atoms. The van der Waals surface area contributed by atoms with Crippen LogP contribution in [0.1, 0.15) is 6.92 Å². The number of nitrogens with two attached hydrogens (primary N) is 1. The molecule has 76 valence electrons. The van der Waals surface area contributed by atoms with Crippen molar-refractivity contribution in [1.82, 2.24) is 0 Å². The van der Waals surface area contributed by atoms with Gasteiger partial charge >= 0.3 is 5.97 Å². The standard InChI is InChI=1S/C9H10ClNO2S/c1-9(11,8(12)13)14-7-4-2-6(10)3-5-7/h2-5H,11H2,1H3,(H,12,13). The molecule has 0 heterocycles. The third kappa shape index (κ3) is 2.90. The molecule has 1 atom stereocenters. The van der Waals surface area contributed by atoms with E-state index in [-0.39, 0.29) is 0 Å². The van der Waals surface area contributed by atoms with Crippen LogP contribution in [0.4, 0.5) is 0 Å². The van der Waals surface area contributed by atoms with Gasteiger partial charge in [-0.1, -0.05) is 23.4 Å². The highest BCUT2D eigenvalue weighted by Gasteiger charge is 2.29. The monoisotopic (exact) mass is 231 g/mol. The second-order valence-corrected chi connectivity index (χ2v) is 4.93. The van der Waals surface area contributed by atoms with Gasteiger partial charge in [-0.3, -0.25) is 0 Å². The molecule has 0 aromatic heterocycles. The lowest BCUT2D eigenvalue weighted by Crippen LogP contribution is -2.41. The third-order valence-electron chi connectivity index (χ3n) is 1.57. The molecule has 0 saturated carbocycles. The van der Waals surface area contributed by atoms with Crippen LogP contribution in [0.15, 0.2) is 29.2 Å². The zero-order chi connectivity index (χ0) is 10.8. The Kier molecular flexibility index (Phi) is 3.42. The Morgan fingerprint density at radius 2 is 2.00 bits per heavy atom. The van der Waals surface area contributed by atoms with E-state index in [1.54, 1.807) is 24.3 Å². The number of aliphatic carboxylic acids is 1. The minimum atomic E-state index is -1.31. The van der Waals surface area contributed by atoms with Crippen LogP contribution < -0.4 is 5.73 Å². The van der Waals surface area contributed by atoms with Crippen LogP contribution in [0.5, 0.6) is 0 Å². The van der Waals surface area contributed by atoms with E-state index >= 15 is 0 Å². The van der Waals surface area contributed by atoms with Gasteiger partial charge in [-0.2, -0.15) is 0 Å². The number of hydrogen-bond acceptors (Lipinski definition) is 3. The van der Waals surface area contributed by atoms with Crippen LogP contribution >= 0.6 is 23.4 Å². The van der Waals surface area contributed by atoms with Crippen molar-refractivity contribution in [3.63, 3.8) is 0 Å². The molecular weight excluding hydrogens is 222 g/mol. The first-order chi connectivity index (χ1) is 6.42. The summed E-state index contributed by atoms with van der Waals surface area (Å²) in [5, 5.41) is 9.40. The Balaban J connectivity index is 2.79. The van der Waals surface area contributed by atoms with Gasteiger partial charge in [0.2, 0.25) is 0 Å². The number of halogens is 1. The summed E-state index contributed by atoms with van der Waals surface area (Å²) in [7, 11) is 0. The lowest BCUT2D eigenvalue weighted by Gasteiger charge is -2.18.